The lowest BCUT2D eigenvalue weighted by molar-refractivity contribution is 0.359. The van der Waals surface area contributed by atoms with Crippen LogP contribution >= 0.6 is 24.0 Å². The second-order valence-electron chi connectivity index (χ2n) is 6.38. The summed E-state index contributed by atoms with van der Waals surface area (Å²) in [6.45, 7) is 10.2. The summed E-state index contributed by atoms with van der Waals surface area (Å²) in [5.41, 5.74) is 4.11. The minimum atomic E-state index is 0. The van der Waals surface area contributed by atoms with Crippen LogP contribution in [0.5, 0.6) is 5.75 Å². The maximum absolute atomic E-state index is 5.71. The second kappa shape index (κ2) is 11.5. The van der Waals surface area contributed by atoms with Gasteiger partial charge in [-0.2, -0.15) is 0 Å². The van der Waals surface area contributed by atoms with Crippen LogP contribution in [-0.4, -0.2) is 28.5 Å². The molecular formula is C22H28IN5O. The molecular weight excluding hydrogens is 477 g/mol. The lowest BCUT2D eigenvalue weighted by Gasteiger charge is -2.12. The number of benzene rings is 1. The number of aliphatic imine (C=N–C) groups is 1. The van der Waals surface area contributed by atoms with Gasteiger partial charge in [0.25, 0.3) is 0 Å². The molecule has 3 aromatic rings. The molecule has 2 aromatic heterocycles. The number of aromatic nitrogens is 2. The van der Waals surface area contributed by atoms with E-state index in [1.54, 1.807) is 6.08 Å². The van der Waals surface area contributed by atoms with Gasteiger partial charge in [-0.15, -0.1) is 24.0 Å². The molecule has 0 saturated carbocycles. The number of nitrogens with one attached hydrogen (secondary N) is 2. The quantitative estimate of drug-likeness (QED) is 0.210. The third kappa shape index (κ3) is 6.22. The Morgan fingerprint density at radius 3 is 2.79 bits per heavy atom. The van der Waals surface area contributed by atoms with Crippen LogP contribution in [-0.2, 0) is 13.1 Å². The standard InChI is InChI=1S/C22H27N5O.HI/c1-4-13-28-20-11-7-6-10-18(20)14-24-22(23-5-2)25-15-19-16-27-17(3)9-8-12-21(27)26-19;/h4,6-12,16H,1,5,13-15H2,2-3H3,(H2,23,24,25);1H. The molecule has 0 unspecified atom stereocenters. The van der Waals surface area contributed by atoms with Crippen LogP contribution in [0.2, 0.25) is 0 Å². The molecule has 29 heavy (non-hydrogen) atoms. The Balaban J connectivity index is 0.00000300. The van der Waals surface area contributed by atoms with Crippen molar-refractivity contribution in [1.29, 1.82) is 0 Å². The molecule has 6 nitrogen and oxygen atoms in total. The Labute approximate surface area is 189 Å². The zero-order valence-corrected chi connectivity index (χ0v) is 19.2. The average Bonchev–Trinajstić information content (AvgIpc) is 3.14. The molecule has 0 bridgehead atoms. The van der Waals surface area contributed by atoms with Crippen molar-refractivity contribution >= 4 is 35.6 Å². The summed E-state index contributed by atoms with van der Waals surface area (Å²) in [4.78, 5) is 9.35. The van der Waals surface area contributed by atoms with E-state index in [2.05, 4.69) is 45.8 Å². The van der Waals surface area contributed by atoms with Gasteiger partial charge in [0.05, 0.1) is 18.8 Å². The van der Waals surface area contributed by atoms with Gasteiger partial charge in [0.15, 0.2) is 5.96 Å². The molecule has 0 fully saturated rings. The lowest BCUT2D eigenvalue weighted by Crippen LogP contribution is -2.36. The summed E-state index contributed by atoms with van der Waals surface area (Å²) in [5, 5.41) is 6.63. The van der Waals surface area contributed by atoms with Crippen LogP contribution in [0.15, 0.2) is 66.3 Å². The van der Waals surface area contributed by atoms with E-state index < -0.39 is 0 Å². The first-order valence-electron chi connectivity index (χ1n) is 9.48. The summed E-state index contributed by atoms with van der Waals surface area (Å²) in [5.74, 6) is 1.58. The summed E-state index contributed by atoms with van der Waals surface area (Å²) < 4.78 is 7.80. The minimum Gasteiger partial charge on any atom is -0.489 e. The molecule has 1 aromatic carbocycles. The maximum Gasteiger partial charge on any atom is 0.191 e. The van der Waals surface area contributed by atoms with Gasteiger partial charge in [0, 0.05) is 24.0 Å². The summed E-state index contributed by atoms with van der Waals surface area (Å²) in [7, 11) is 0. The molecule has 0 spiro atoms. The number of para-hydroxylation sites is 1. The van der Waals surface area contributed by atoms with Gasteiger partial charge < -0.3 is 19.8 Å². The summed E-state index contributed by atoms with van der Waals surface area (Å²) in [6.07, 6.45) is 3.79. The predicted octanol–water partition coefficient (Wildman–Crippen LogP) is 4.08. The topological polar surface area (TPSA) is 63.0 Å². The molecule has 154 valence electrons. The Morgan fingerprint density at radius 1 is 1.21 bits per heavy atom. The second-order valence-corrected chi connectivity index (χ2v) is 6.38. The first-order chi connectivity index (χ1) is 13.7. The highest BCUT2D eigenvalue weighted by molar-refractivity contribution is 14.0. The molecule has 0 saturated heterocycles. The fourth-order valence-corrected chi connectivity index (χ4v) is 2.89. The van der Waals surface area contributed by atoms with Crippen molar-refractivity contribution in [2.24, 2.45) is 4.99 Å². The number of fused-ring (bicyclic) bond motifs is 1. The zero-order valence-electron chi connectivity index (χ0n) is 16.9. The van der Waals surface area contributed by atoms with Crippen LogP contribution in [0.4, 0.5) is 0 Å². The molecule has 0 radical (unpaired) electrons. The molecule has 0 aliphatic carbocycles. The first-order valence-corrected chi connectivity index (χ1v) is 9.48. The van der Waals surface area contributed by atoms with Crippen molar-refractivity contribution in [3.8, 4) is 5.75 Å². The Hall–Kier alpha value is -2.55. The number of hydrogen-bond acceptors (Lipinski definition) is 3. The number of pyridine rings is 1. The summed E-state index contributed by atoms with van der Waals surface area (Å²) >= 11 is 0. The average molecular weight is 505 g/mol. The number of rotatable bonds is 8. The molecule has 0 atom stereocenters. The number of aryl methyl sites for hydroxylation is 1. The van der Waals surface area contributed by atoms with Crippen molar-refractivity contribution in [3.63, 3.8) is 0 Å². The molecule has 0 amide bonds. The smallest absolute Gasteiger partial charge is 0.191 e. The highest BCUT2D eigenvalue weighted by Crippen LogP contribution is 2.18. The number of nitrogens with zero attached hydrogens (tertiary/aromatic N) is 3. The van der Waals surface area contributed by atoms with Crippen molar-refractivity contribution in [3.05, 3.63) is 78.3 Å². The molecule has 2 N–H and O–H groups in total. The van der Waals surface area contributed by atoms with E-state index in [1.165, 1.54) is 0 Å². The van der Waals surface area contributed by atoms with Gasteiger partial charge in [-0.25, -0.2) is 9.98 Å². The number of halogens is 1. The van der Waals surface area contributed by atoms with Gasteiger partial charge >= 0.3 is 0 Å². The van der Waals surface area contributed by atoms with Gasteiger partial charge in [-0.3, -0.25) is 0 Å². The van der Waals surface area contributed by atoms with Crippen molar-refractivity contribution in [1.82, 2.24) is 20.0 Å². The van der Waals surface area contributed by atoms with Gasteiger partial charge in [0.1, 0.15) is 18.0 Å². The Kier molecular flexibility index (Phi) is 8.98. The highest BCUT2D eigenvalue weighted by Gasteiger charge is 2.06. The van der Waals surface area contributed by atoms with Crippen molar-refractivity contribution in [2.45, 2.75) is 26.9 Å². The first kappa shape index (κ1) is 22.7. The van der Waals surface area contributed by atoms with Crippen LogP contribution < -0.4 is 15.4 Å². The van der Waals surface area contributed by atoms with Gasteiger partial charge in [0.2, 0.25) is 0 Å². The highest BCUT2D eigenvalue weighted by atomic mass is 127. The maximum atomic E-state index is 5.71. The fraction of sp³-hybridized carbons (Fsp3) is 0.273. The van der Waals surface area contributed by atoms with E-state index in [0.717, 1.165) is 40.9 Å². The van der Waals surface area contributed by atoms with Crippen LogP contribution in [0.3, 0.4) is 0 Å². The van der Waals surface area contributed by atoms with E-state index in [9.17, 15) is 0 Å². The minimum absolute atomic E-state index is 0. The molecule has 0 aliphatic rings. The van der Waals surface area contributed by atoms with Gasteiger partial charge in [-0.05, 0) is 32.0 Å². The van der Waals surface area contributed by atoms with Gasteiger partial charge in [-0.1, -0.05) is 36.9 Å². The summed E-state index contributed by atoms with van der Waals surface area (Å²) in [6, 6.07) is 14.0. The van der Waals surface area contributed by atoms with E-state index in [-0.39, 0.29) is 24.0 Å². The molecule has 2 heterocycles. The molecule has 7 heteroatoms. The number of hydrogen-bond donors (Lipinski definition) is 2. The molecule has 3 rings (SSSR count). The van der Waals surface area contributed by atoms with E-state index in [4.69, 9.17) is 9.73 Å². The van der Waals surface area contributed by atoms with Crippen molar-refractivity contribution < 1.29 is 4.74 Å². The van der Waals surface area contributed by atoms with Crippen molar-refractivity contribution in [2.75, 3.05) is 13.2 Å². The predicted molar refractivity (Wildman–Crippen MR) is 129 cm³/mol. The normalized spacial score (nSPS) is 11.0. The third-order valence-electron chi connectivity index (χ3n) is 4.26. The SMILES string of the molecule is C=CCOc1ccccc1CN=C(NCC)NCc1cn2c(C)cccc2n1.I. The Bertz CT molecular complexity index is 967. The van der Waals surface area contributed by atoms with Crippen LogP contribution in [0.1, 0.15) is 23.9 Å². The number of imidazole rings is 1. The zero-order chi connectivity index (χ0) is 19.8. The fourth-order valence-electron chi connectivity index (χ4n) is 2.89. The van der Waals surface area contributed by atoms with Crippen LogP contribution in [0.25, 0.3) is 5.65 Å². The number of guanidine groups is 1. The van der Waals surface area contributed by atoms with E-state index in [1.807, 2.05) is 43.3 Å². The largest absolute Gasteiger partial charge is 0.489 e. The third-order valence-corrected chi connectivity index (χ3v) is 4.26. The number of ether oxygens (including phenoxy) is 1. The Morgan fingerprint density at radius 2 is 2.03 bits per heavy atom. The van der Waals surface area contributed by atoms with E-state index >= 15 is 0 Å². The van der Waals surface area contributed by atoms with Crippen LogP contribution in [0, 0.1) is 6.92 Å². The molecule has 0 aliphatic heterocycles. The lowest BCUT2D eigenvalue weighted by atomic mass is 10.2. The monoisotopic (exact) mass is 505 g/mol. The van der Waals surface area contributed by atoms with E-state index in [0.29, 0.717) is 19.7 Å².